The lowest BCUT2D eigenvalue weighted by Gasteiger charge is -2.35. The van der Waals surface area contributed by atoms with Gasteiger partial charge in [-0.05, 0) is 93.4 Å². The second kappa shape index (κ2) is 11.0. The number of hydrogen-bond donors (Lipinski definition) is 0. The number of hydrogen-bond acceptors (Lipinski definition) is 2. The first-order valence-electron chi connectivity index (χ1n) is 17.0. The van der Waals surface area contributed by atoms with E-state index in [2.05, 4.69) is 144 Å². The third-order valence-corrected chi connectivity index (χ3v) is 10.4. The smallest absolute Gasteiger partial charge is 0.135 e. The fraction of sp³-hybridized carbons (Fsp3) is 0.0213. The van der Waals surface area contributed by atoms with Crippen LogP contribution in [0.15, 0.2) is 186 Å². The number of halogens is 1. The zero-order valence-corrected chi connectivity index (χ0v) is 27.1. The molecule has 0 atom stereocenters. The maximum atomic E-state index is 15.5. The molecule has 9 aromatic rings. The van der Waals surface area contributed by atoms with Gasteiger partial charge in [-0.1, -0.05) is 127 Å². The quantitative estimate of drug-likeness (QED) is 0.186. The Balaban J connectivity index is 1.35. The molecule has 0 amide bonds. The minimum Gasteiger partial charge on any atom is -0.456 e. The number of para-hydroxylation sites is 2. The monoisotopic (exact) mass is 643 g/mol. The Kier molecular flexibility index (Phi) is 6.31. The van der Waals surface area contributed by atoms with Crippen molar-refractivity contribution in [2.24, 2.45) is 0 Å². The summed E-state index contributed by atoms with van der Waals surface area (Å²) < 4.78 is 21.8. The third kappa shape index (κ3) is 4.07. The maximum Gasteiger partial charge on any atom is 0.135 e. The molecule has 0 spiro atoms. The number of furan rings is 1. The molecule has 0 aliphatic heterocycles. The summed E-state index contributed by atoms with van der Waals surface area (Å²) in [6.45, 7) is 0. The van der Waals surface area contributed by atoms with Crippen molar-refractivity contribution in [1.82, 2.24) is 0 Å². The largest absolute Gasteiger partial charge is 0.456 e. The van der Waals surface area contributed by atoms with Crippen LogP contribution in [0.3, 0.4) is 0 Å². The molecular weight excluding hydrogens is 614 g/mol. The van der Waals surface area contributed by atoms with Crippen LogP contribution in [0.1, 0.15) is 22.3 Å². The second-order valence-electron chi connectivity index (χ2n) is 13.0. The highest BCUT2D eigenvalue weighted by molar-refractivity contribution is 6.12. The second-order valence-corrected chi connectivity index (χ2v) is 13.0. The molecule has 236 valence electrons. The van der Waals surface area contributed by atoms with E-state index in [9.17, 15) is 0 Å². The van der Waals surface area contributed by atoms with Crippen LogP contribution >= 0.6 is 0 Å². The third-order valence-electron chi connectivity index (χ3n) is 10.4. The van der Waals surface area contributed by atoms with E-state index in [4.69, 9.17) is 4.42 Å². The van der Waals surface area contributed by atoms with Crippen molar-refractivity contribution >= 4 is 49.8 Å². The molecule has 1 heterocycles. The number of fused-ring (bicyclic) bond motifs is 8. The summed E-state index contributed by atoms with van der Waals surface area (Å²) in [6, 6.07) is 62.6. The summed E-state index contributed by atoms with van der Waals surface area (Å²) in [5.74, 6) is -0.246. The van der Waals surface area contributed by atoms with E-state index >= 15 is 4.39 Å². The Morgan fingerprint density at radius 3 is 1.76 bits per heavy atom. The predicted octanol–water partition coefficient (Wildman–Crippen LogP) is 12.7. The van der Waals surface area contributed by atoms with Crippen LogP contribution in [-0.2, 0) is 5.41 Å². The van der Waals surface area contributed by atoms with Gasteiger partial charge in [-0.2, -0.15) is 0 Å². The molecule has 50 heavy (non-hydrogen) atoms. The molecule has 0 unspecified atom stereocenters. The van der Waals surface area contributed by atoms with Crippen LogP contribution in [0, 0.1) is 5.82 Å². The van der Waals surface area contributed by atoms with Crippen molar-refractivity contribution in [1.29, 1.82) is 0 Å². The lowest BCUT2D eigenvalue weighted by Crippen LogP contribution is -2.29. The Morgan fingerprint density at radius 1 is 0.440 bits per heavy atom. The van der Waals surface area contributed by atoms with Crippen LogP contribution in [0.4, 0.5) is 21.5 Å². The highest BCUT2D eigenvalue weighted by Crippen LogP contribution is 2.60. The summed E-state index contributed by atoms with van der Waals surface area (Å²) in [6.07, 6.45) is 0. The SMILES string of the molecule is Fc1ccc2c(c1)C(c1ccccc1)(c1ccccc1)c1cc(N(c3ccccc3)c3ccc4oc5ccccc5c4c3)c3ccccc3c1-2. The normalized spacial score (nSPS) is 13.1. The van der Waals surface area contributed by atoms with Crippen LogP contribution < -0.4 is 4.90 Å². The van der Waals surface area contributed by atoms with Gasteiger partial charge in [-0.25, -0.2) is 4.39 Å². The standard InChI is InChI=1S/C47H30FNO/c48-33-24-26-39-41(28-33)47(31-14-4-1-5-15-31,32-16-6-2-7-17-32)42-30-43(36-20-10-11-22-38(36)46(39)42)49(34-18-8-3-9-19-34)35-25-27-45-40(29-35)37-21-12-13-23-44(37)50-45/h1-30H. The molecule has 0 bridgehead atoms. The van der Waals surface area contributed by atoms with E-state index in [-0.39, 0.29) is 5.82 Å². The van der Waals surface area contributed by atoms with E-state index in [1.54, 1.807) is 12.1 Å². The molecule has 1 aromatic heterocycles. The molecular formula is C47H30FNO. The van der Waals surface area contributed by atoms with Crippen molar-refractivity contribution < 1.29 is 8.81 Å². The van der Waals surface area contributed by atoms with Crippen LogP contribution in [0.25, 0.3) is 43.8 Å². The van der Waals surface area contributed by atoms with Gasteiger partial charge in [0, 0.05) is 27.5 Å². The fourth-order valence-electron chi connectivity index (χ4n) is 8.34. The number of rotatable bonds is 5. The van der Waals surface area contributed by atoms with E-state index in [0.717, 1.165) is 83.2 Å². The molecule has 0 saturated heterocycles. The highest BCUT2D eigenvalue weighted by Gasteiger charge is 2.47. The molecule has 10 rings (SSSR count). The summed E-state index contributed by atoms with van der Waals surface area (Å²) in [7, 11) is 0. The molecule has 0 radical (unpaired) electrons. The summed E-state index contributed by atoms with van der Waals surface area (Å²) in [5, 5.41) is 4.38. The van der Waals surface area contributed by atoms with E-state index in [0.29, 0.717) is 0 Å². The van der Waals surface area contributed by atoms with Gasteiger partial charge in [-0.3, -0.25) is 0 Å². The average Bonchev–Trinajstić information content (AvgIpc) is 3.69. The molecule has 1 aliphatic rings. The lowest BCUT2D eigenvalue weighted by molar-refractivity contribution is 0.621. The van der Waals surface area contributed by atoms with Crippen molar-refractivity contribution in [2.75, 3.05) is 4.90 Å². The molecule has 2 nitrogen and oxygen atoms in total. The number of benzene rings is 8. The Labute approximate surface area is 289 Å². The Morgan fingerprint density at radius 2 is 1.04 bits per heavy atom. The van der Waals surface area contributed by atoms with Crippen molar-refractivity contribution in [3.63, 3.8) is 0 Å². The van der Waals surface area contributed by atoms with Gasteiger partial charge in [0.25, 0.3) is 0 Å². The fourth-order valence-corrected chi connectivity index (χ4v) is 8.34. The molecule has 8 aromatic carbocycles. The van der Waals surface area contributed by atoms with Gasteiger partial charge in [0.15, 0.2) is 0 Å². The summed E-state index contributed by atoms with van der Waals surface area (Å²) >= 11 is 0. The van der Waals surface area contributed by atoms with Gasteiger partial charge in [-0.15, -0.1) is 0 Å². The number of nitrogens with zero attached hydrogens (tertiary/aromatic N) is 1. The predicted molar refractivity (Wildman–Crippen MR) is 203 cm³/mol. The minimum absolute atomic E-state index is 0.246. The Bertz CT molecular complexity index is 2680. The minimum atomic E-state index is -0.763. The van der Waals surface area contributed by atoms with Gasteiger partial charge in [0.1, 0.15) is 17.0 Å². The Hall–Kier alpha value is -6.45. The van der Waals surface area contributed by atoms with Crippen molar-refractivity contribution in [3.05, 3.63) is 210 Å². The first-order valence-corrected chi connectivity index (χ1v) is 17.0. The molecule has 0 saturated carbocycles. The maximum absolute atomic E-state index is 15.5. The van der Waals surface area contributed by atoms with E-state index in [1.807, 2.05) is 30.3 Å². The zero-order chi connectivity index (χ0) is 33.2. The summed E-state index contributed by atoms with van der Waals surface area (Å²) in [4.78, 5) is 2.36. The summed E-state index contributed by atoms with van der Waals surface area (Å²) in [5.41, 5.74) is 10.5. The van der Waals surface area contributed by atoms with E-state index < -0.39 is 5.41 Å². The number of anilines is 3. The van der Waals surface area contributed by atoms with E-state index in [1.165, 1.54) is 0 Å². The zero-order valence-electron chi connectivity index (χ0n) is 27.1. The van der Waals surface area contributed by atoms with Gasteiger partial charge in [0.2, 0.25) is 0 Å². The molecule has 0 N–H and O–H groups in total. The van der Waals surface area contributed by atoms with Crippen LogP contribution in [0.5, 0.6) is 0 Å². The van der Waals surface area contributed by atoms with Crippen molar-refractivity contribution in [3.8, 4) is 11.1 Å². The first-order chi connectivity index (χ1) is 24.7. The van der Waals surface area contributed by atoms with Crippen LogP contribution in [0.2, 0.25) is 0 Å². The average molecular weight is 644 g/mol. The van der Waals surface area contributed by atoms with Gasteiger partial charge >= 0.3 is 0 Å². The molecule has 0 fully saturated rings. The van der Waals surface area contributed by atoms with Crippen LogP contribution in [-0.4, -0.2) is 0 Å². The van der Waals surface area contributed by atoms with Gasteiger partial charge < -0.3 is 9.32 Å². The topological polar surface area (TPSA) is 16.4 Å². The highest BCUT2D eigenvalue weighted by atomic mass is 19.1. The lowest BCUT2D eigenvalue weighted by atomic mass is 9.67. The van der Waals surface area contributed by atoms with Crippen molar-refractivity contribution in [2.45, 2.75) is 5.41 Å². The molecule has 1 aliphatic carbocycles. The van der Waals surface area contributed by atoms with Gasteiger partial charge in [0.05, 0.1) is 11.1 Å². The molecule has 3 heteroatoms. The first kappa shape index (κ1) is 28.6.